The first-order valence-corrected chi connectivity index (χ1v) is 10.7. The van der Waals surface area contributed by atoms with E-state index in [0.717, 1.165) is 17.1 Å². The van der Waals surface area contributed by atoms with Crippen LogP contribution in [0.15, 0.2) is 15.8 Å². The highest BCUT2D eigenvalue weighted by molar-refractivity contribution is 7.86. The molecule has 1 saturated heterocycles. The highest BCUT2D eigenvalue weighted by Crippen LogP contribution is 2.31. The molecule has 2 heterocycles. The van der Waals surface area contributed by atoms with Crippen molar-refractivity contribution in [1.82, 2.24) is 9.55 Å². The zero-order chi connectivity index (χ0) is 19.0. The number of aryl methyl sites for hydroxylation is 1. The molecule has 11 nitrogen and oxygen atoms in total. The van der Waals surface area contributed by atoms with E-state index in [1.54, 1.807) is 0 Å². The summed E-state index contributed by atoms with van der Waals surface area (Å²) < 4.78 is 61.2. The Hall–Kier alpha value is -1.54. The molecule has 0 spiro atoms. The fraction of sp³-hybridized carbons (Fsp3) is 0.667. The predicted molar refractivity (Wildman–Crippen MR) is 85.1 cm³/mol. The standard InChI is InChI=1S/C12H18N2O9S2/c1-7-5-14(12(16)13-11(7)15)10-4-8(23-25(3,19)20)9(22-10)6-21-24(2,17)18/h5,8-10H,4,6H2,1-3H3,(H,13,15,16)/t8-,9+,10+/m0/s1. The second-order valence-electron chi connectivity index (χ2n) is 5.67. The summed E-state index contributed by atoms with van der Waals surface area (Å²) in [5, 5.41) is 0. The Bertz CT molecular complexity index is 961. The van der Waals surface area contributed by atoms with Gasteiger partial charge in [0.1, 0.15) is 18.4 Å². The maximum atomic E-state index is 11.9. The number of nitrogens with one attached hydrogen (secondary N) is 1. The number of hydrogen-bond donors (Lipinski definition) is 1. The molecule has 0 aliphatic carbocycles. The van der Waals surface area contributed by atoms with Crippen LogP contribution >= 0.6 is 0 Å². The molecule has 0 bridgehead atoms. The molecule has 1 aromatic heterocycles. The number of H-pyrrole nitrogens is 1. The first kappa shape index (κ1) is 19.8. The van der Waals surface area contributed by atoms with Gasteiger partial charge in [-0.25, -0.2) is 4.79 Å². The lowest BCUT2D eigenvalue weighted by Crippen LogP contribution is -2.33. The van der Waals surface area contributed by atoms with Crippen LogP contribution in [-0.4, -0.2) is 57.7 Å². The largest absolute Gasteiger partial charge is 0.349 e. The van der Waals surface area contributed by atoms with E-state index in [1.165, 1.54) is 13.1 Å². The van der Waals surface area contributed by atoms with Gasteiger partial charge in [0.15, 0.2) is 0 Å². The minimum Gasteiger partial charge on any atom is -0.349 e. The molecule has 0 aromatic carbocycles. The van der Waals surface area contributed by atoms with Crippen molar-refractivity contribution in [1.29, 1.82) is 0 Å². The van der Waals surface area contributed by atoms with E-state index in [4.69, 9.17) is 8.92 Å². The first-order chi connectivity index (χ1) is 11.4. The van der Waals surface area contributed by atoms with Gasteiger partial charge in [-0.2, -0.15) is 16.8 Å². The van der Waals surface area contributed by atoms with Crippen LogP contribution in [0.1, 0.15) is 18.2 Å². The van der Waals surface area contributed by atoms with E-state index in [-0.39, 0.29) is 12.0 Å². The van der Waals surface area contributed by atoms with E-state index in [0.29, 0.717) is 0 Å². The Morgan fingerprint density at radius 3 is 2.44 bits per heavy atom. The molecular weight excluding hydrogens is 380 g/mol. The SMILES string of the molecule is Cc1cn([C@H]2C[C@H](OS(C)(=O)=O)[C@@H](COS(C)(=O)=O)O2)c(=O)[nH]c1=O. The molecule has 0 amide bonds. The fourth-order valence-corrected chi connectivity index (χ4v) is 3.37. The Morgan fingerprint density at radius 1 is 1.24 bits per heavy atom. The van der Waals surface area contributed by atoms with Gasteiger partial charge >= 0.3 is 5.69 Å². The third kappa shape index (κ3) is 5.47. The molecule has 13 heteroatoms. The number of aromatic amines is 1. The van der Waals surface area contributed by atoms with Crippen LogP contribution in [0.5, 0.6) is 0 Å². The molecule has 1 fully saturated rings. The summed E-state index contributed by atoms with van der Waals surface area (Å²) in [6.07, 6.45) is -0.177. The van der Waals surface area contributed by atoms with Crippen LogP contribution < -0.4 is 11.2 Å². The zero-order valence-corrected chi connectivity index (χ0v) is 15.3. The molecule has 1 aliphatic heterocycles. The highest BCUT2D eigenvalue weighted by Gasteiger charge is 2.40. The lowest BCUT2D eigenvalue weighted by Gasteiger charge is -2.17. The maximum absolute atomic E-state index is 11.9. The molecule has 0 unspecified atom stereocenters. The van der Waals surface area contributed by atoms with E-state index in [1.807, 2.05) is 0 Å². The number of rotatable bonds is 6. The van der Waals surface area contributed by atoms with Crippen molar-refractivity contribution in [3.05, 3.63) is 32.6 Å². The van der Waals surface area contributed by atoms with Gasteiger partial charge in [0, 0.05) is 18.2 Å². The van der Waals surface area contributed by atoms with Gasteiger partial charge < -0.3 is 4.74 Å². The van der Waals surface area contributed by atoms with Gasteiger partial charge in [0.2, 0.25) is 0 Å². The molecule has 1 aromatic rings. The molecule has 0 saturated carbocycles. The quantitative estimate of drug-likeness (QED) is 0.562. The lowest BCUT2D eigenvalue weighted by atomic mass is 10.2. The van der Waals surface area contributed by atoms with E-state index in [9.17, 15) is 26.4 Å². The second kappa shape index (κ2) is 6.99. The number of ether oxygens (including phenoxy) is 1. The molecule has 3 atom stereocenters. The summed E-state index contributed by atoms with van der Waals surface area (Å²) in [4.78, 5) is 25.5. The third-order valence-electron chi connectivity index (χ3n) is 3.38. The number of nitrogens with zero attached hydrogens (tertiary/aromatic N) is 1. The van der Waals surface area contributed by atoms with Crippen molar-refractivity contribution in [2.75, 3.05) is 19.1 Å². The maximum Gasteiger partial charge on any atom is 0.330 e. The second-order valence-corrected chi connectivity index (χ2v) is 8.92. The van der Waals surface area contributed by atoms with Crippen molar-refractivity contribution in [3.63, 3.8) is 0 Å². The first-order valence-electron chi connectivity index (χ1n) is 7.06. The van der Waals surface area contributed by atoms with Gasteiger partial charge in [-0.15, -0.1) is 0 Å². The Balaban J connectivity index is 2.29. The van der Waals surface area contributed by atoms with Crippen LogP contribution in [0, 0.1) is 6.92 Å². The van der Waals surface area contributed by atoms with Gasteiger partial charge in [0.25, 0.3) is 25.8 Å². The summed E-state index contributed by atoms with van der Waals surface area (Å²) in [6.45, 7) is 1.01. The summed E-state index contributed by atoms with van der Waals surface area (Å²) in [7, 11) is -7.64. The average molecular weight is 398 g/mol. The van der Waals surface area contributed by atoms with Crippen LogP contribution in [0.3, 0.4) is 0 Å². The number of hydrogen-bond acceptors (Lipinski definition) is 9. The summed E-state index contributed by atoms with van der Waals surface area (Å²) in [6, 6.07) is 0. The molecule has 142 valence electrons. The van der Waals surface area contributed by atoms with Crippen LogP contribution in [0.2, 0.25) is 0 Å². The normalized spacial score (nSPS) is 24.5. The fourth-order valence-electron chi connectivity index (χ4n) is 2.34. The van der Waals surface area contributed by atoms with Gasteiger partial charge in [0.05, 0.1) is 19.1 Å². The molecule has 2 rings (SSSR count). The molecule has 25 heavy (non-hydrogen) atoms. The monoisotopic (exact) mass is 398 g/mol. The van der Waals surface area contributed by atoms with E-state index < -0.39 is 56.5 Å². The van der Waals surface area contributed by atoms with Gasteiger partial charge in [-0.3, -0.25) is 22.7 Å². The highest BCUT2D eigenvalue weighted by atomic mass is 32.2. The molecule has 0 radical (unpaired) electrons. The number of aromatic nitrogens is 2. The minimum atomic E-state index is -3.86. The summed E-state index contributed by atoms with van der Waals surface area (Å²) >= 11 is 0. The van der Waals surface area contributed by atoms with Crippen molar-refractivity contribution in [2.24, 2.45) is 0 Å². The zero-order valence-electron chi connectivity index (χ0n) is 13.7. The van der Waals surface area contributed by atoms with Crippen molar-refractivity contribution < 1.29 is 29.9 Å². The Morgan fingerprint density at radius 2 is 1.88 bits per heavy atom. The minimum absolute atomic E-state index is 0.0593. The summed E-state index contributed by atoms with van der Waals surface area (Å²) in [5.74, 6) is 0. The van der Waals surface area contributed by atoms with Gasteiger partial charge in [-0.05, 0) is 6.92 Å². The lowest BCUT2D eigenvalue weighted by molar-refractivity contribution is -0.0353. The molecule has 1 N–H and O–H groups in total. The van der Waals surface area contributed by atoms with Gasteiger partial charge in [-0.1, -0.05) is 0 Å². The Kier molecular flexibility index (Phi) is 5.53. The predicted octanol–water partition coefficient (Wildman–Crippen LogP) is -1.55. The van der Waals surface area contributed by atoms with Crippen molar-refractivity contribution in [2.45, 2.75) is 31.8 Å². The van der Waals surface area contributed by atoms with Crippen LogP contribution in [0.4, 0.5) is 0 Å². The van der Waals surface area contributed by atoms with Crippen LogP contribution in [-0.2, 0) is 33.3 Å². The molecule has 1 aliphatic rings. The van der Waals surface area contributed by atoms with Crippen molar-refractivity contribution in [3.8, 4) is 0 Å². The van der Waals surface area contributed by atoms with E-state index >= 15 is 0 Å². The Labute approximate surface area is 143 Å². The van der Waals surface area contributed by atoms with Crippen LogP contribution in [0.25, 0.3) is 0 Å². The molecular formula is C12H18N2O9S2. The van der Waals surface area contributed by atoms with E-state index in [2.05, 4.69) is 9.17 Å². The smallest absolute Gasteiger partial charge is 0.330 e. The summed E-state index contributed by atoms with van der Waals surface area (Å²) in [5.41, 5.74) is -1.05. The third-order valence-corrected chi connectivity index (χ3v) is 4.54. The average Bonchev–Trinajstić information content (AvgIpc) is 2.80. The van der Waals surface area contributed by atoms with Crippen molar-refractivity contribution >= 4 is 20.2 Å². The topological polar surface area (TPSA) is 151 Å².